The standard InChI is InChI=1S/C24H24N4O/c1-17-5-7-19(8-6-17)24(3,4)20-9-11-22(12-10-20)29-23-25-14-21(15-26-23)28-16-18(2)13-27-28/h5-16H,1-4H3. The smallest absolute Gasteiger partial charge is 0.322 e. The molecule has 0 amide bonds. The highest BCUT2D eigenvalue weighted by Crippen LogP contribution is 2.33. The molecule has 0 aliphatic carbocycles. The van der Waals surface area contributed by atoms with E-state index in [1.54, 1.807) is 23.3 Å². The number of hydrogen-bond donors (Lipinski definition) is 0. The molecular weight excluding hydrogens is 360 g/mol. The molecule has 0 aliphatic heterocycles. The molecule has 0 unspecified atom stereocenters. The Morgan fingerprint density at radius 1 is 0.759 bits per heavy atom. The van der Waals surface area contributed by atoms with E-state index >= 15 is 0 Å². The molecule has 0 saturated carbocycles. The second-order valence-corrected chi connectivity index (χ2v) is 7.80. The average Bonchev–Trinajstić information content (AvgIpc) is 3.16. The monoisotopic (exact) mass is 384 g/mol. The number of aromatic nitrogens is 4. The molecule has 29 heavy (non-hydrogen) atoms. The first kappa shape index (κ1) is 18.9. The van der Waals surface area contributed by atoms with Crippen molar-refractivity contribution >= 4 is 0 Å². The maximum Gasteiger partial charge on any atom is 0.322 e. The van der Waals surface area contributed by atoms with Gasteiger partial charge in [0, 0.05) is 11.6 Å². The molecule has 2 aromatic heterocycles. The van der Waals surface area contributed by atoms with Crippen molar-refractivity contribution in [2.45, 2.75) is 33.1 Å². The first-order valence-corrected chi connectivity index (χ1v) is 9.61. The Kier molecular flexibility index (Phi) is 4.89. The van der Waals surface area contributed by atoms with Crippen molar-refractivity contribution in [3.63, 3.8) is 0 Å². The molecule has 2 heterocycles. The molecule has 4 aromatic rings. The minimum absolute atomic E-state index is 0.0910. The summed E-state index contributed by atoms with van der Waals surface area (Å²) in [6, 6.07) is 17.1. The van der Waals surface area contributed by atoms with E-state index in [-0.39, 0.29) is 5.41 Å². The third-order valence-electron chi connectivity index (χ3n) is 5.15. The summed E-state index contributed by atoms with van der Waals surface area (Å²) in [6.45, 7) is 8.55. The Balaban J connectivity index is 1.48. The zero-order chi connectivity index (χ0) is 20.4. The molecule has 5 heteroatoms. The quantitative estimate of drug-likeness (QED) is 0.462. The Morgan fingerprint density at radius 3 is 1.90 bits per heavy atom. The first-order valence-electron chi connectivity index (χ1n) is 9.61. The lowest BCUT2D eigenvalue weighted by Crippen LogP contribution is -2.18. The topological polar surface area (TPSA) is 52.8 Å². The normalized spacial score (nSPS) is 11.4. The molecule has 5 nitrogen and oxygen atoms in total. The summed E-state index contributed by atoms with van der Waals surface area (Å²) in [7, 11) is 0. The minimum atomic E-state index is -0.0910. The van der Waals surface area contributed by atoms with Crippen molar-refractivity contribution in [1.82, 2.24) is 19.7 Å². The van der Waals surface area contributed by atoms with Crippen LogP contribution in [0.5, 0.6) is 11.8 Å². The molecule has 0 aliphatic rings. The van der Waals surface area contributed by atoms with E-state index in [9.17, 15) is 0 Å². The largest absolute Gasteiger partial charge is 0.424 e. The molecular formula is C24H24N4O. The van der Waals surface area contributed by atoms with Crippen molar-refractivity contribution in [3.8, 4) is 17.4 Å². The summed E-state index contributed by atoms with van der Waals surface area (Å²) in [4.78, 5) is 8.58. The van der Waals surface area contributed by atoms with Gasteiger partial charge in [-0.25, -0.2) is 14.6 Å². The number of nitrogens with zero attached hydrogens (tertiary/aromatic N) is 4. The number of hydrogen-bond acceptors (Lipinski definition) is 4. The number of rotatable bonds is 5. The van der Waals surface area contributed by atoms with Crippen LogP contribution in [-0.4, -0.2) is 19.7 Å². The molecule has 0 spiro atoms. The molecule has 0 saturated heterocycles. The molecule has 4 rings (SSSR count). The minimum Gasteiger partial charge on any atom is -0.424 e. The molecule has 0 fully saturated rings. The number of ether oxygens (including phenoxy) is 1. The maximum atomic E-state index is 5.81. The fourth-order valence-electron chi connectivity index (χ4n) is 3.22. The van der Waals surface area contributed by atoms with E-state index < -0.39 is 0 Å². The van der Waals surface area contributed by atoms with E-state index in [0.29, 0.717) is 11.8 Å². The van der Waals surface area contributed by atoms with Gasteiger partial charge < -0.3 is 4.74 Å². The van der Waals surface area contributed by atoms with Gasteiger partial charge in [0.05, 0.1) is 18.6 Å². The SMILES string of the molecule is Cc1ccc(C(C)(C)c2ccc(Oc3ncc(-n4cc(C)cn4)cn3)cc2)cc1. The van der Waals surface area contributed by atoms with Crippen LogP contribution in [0.3, 0.4) is 0 Å². The first-order chi connectivity index (χ1) is 13.9. The Hall–Kier alpha value is -3.47. The van der Waals surface area contributed by atoms with Crippen LogP contribution in [0.2, 0.25) is 0 Å². The fourth-order valence-corrected chi connectivity index (χ4v) is 3.22. The summed E-state index contributed by atoms with van der Waals surface area (Å²) < 4.78 is 7.55. The number of benzene rings is 2. The molecule has 2 aromatic carbocycles. The zero-order valence-electron chi connectivity index (χ0n) is 17.1. The molecule has 0 atom stereocenters. The third kappa shape index (κ3) is 4.04. The van der Waals surface area contributed by atoms with Crippen LogP contribution in [-0.2, 0) is 5.41 Å². The second-order valence-electron chi connectivity index (χ2n) is 7.80. The van der Waals surface area contributed by atoms with Crippen molar-refractivity contribution in [2.75, 3.05) is 0 Å². The van der Waals surface area contributed by atoms with Crippen molar-refractivity contribution in [1.29, 1.82) is 0 Å². The van der Waals surface area contributed by atoms with Crippen LogP contribution >= 0.6 is 0 Å². The Morgan fingerprint density at radius 2 is 1.34 bits per heavy atom. The van der Waals surface area contributed by atoms with E-state index in [0.717, 1.165) is 11.3 Å². The van der Waals surface area contributed by atoms with Crippen LogP contribution < -0.4 is 4.74 Å². The van der Waals surface area contributed by atoms with Crippen LogP contribution in [0.1, 0.15) is 36.1 Å². The van der Waals surface area contributed by atoms with Gasteiger partial charge >= 0.3 is 6.01 Å². The fraction of sp³-hybridized carbons (Fsp3) is 0.208. The lowest BCUT2D eigenvalue weighted by atomic mass is 9.78. The van der Waals surface area contributed by atoms with E-state index in [2.05, 4.69) is 72.2 Å². The maximum absolute atomic E-state index is 5.81. The predicted molar refractivity (Wildman–Crippen MR) is 114 cm³/mol. The van der Waals surface area contributed by atoms with Crippen molar-refractivity contribution < 1.29 is 4.74 Å². The average molecular weight is 384 g/mol. The van der Waals surface area contributed by atoms with Crippen LogP contribution in [0.4, 0.5) is 0 Å². The summed E-state index contributed by atoms with van der Waals surface area (Å²) in [6.07, 6.45) is 7.12. The van der Waals surface area contributed by atoms with Crippen LogP contribution in [0.25, 0.3) is 5.69 Å². The zero-order valence-corrected chi connectivity index (χ0v) is 17.1. The lowest BCUT2D eigenvalue weighted by molar-refractivity contribution is 0.440. The molecule has 0 bridgehead atoms. The summed E-state index contributed by atoms with van der Waals surface area (Å²) in [5.41, 5.74) is 5.55. The molecule has 146 valence electrons. The highest BCUT2D eigenvalue weighted by molar-refractivity contribution is 5.41. The van der Waals surface area contributed by atoms with Gasteiger partial charge in [0.25, 0.3) is 0 Å². The van der Waals surface area contributed by atoms with Crippen LogP contribution in [0.15, 0.2) is 73.3 Å². The van der Waals surface area contributed by atoms with E-state index in [1.807, 2.05) is 25.3 Å². The van der Waals surface area contributed by atoms with Gasteiger partial charge in [-0.15, -0.1) is 0 Å². The van der Waals surface area contributed by atoms with Gasteiger partial charge in [-0.1, -0.05) is 55.8 Å². The van der Waals surface area contributed by atoms with Crippen LogP contribution in [0, 0.1) is 13.8 Å². The van der Waals surface area contributed by atoms with Gasteiger partial charge in [0.2, 0.25) is 0 Å². The lowest BCUT2D eigenvalue weighted by Gasteiger charge is -2.26. The van der Waals surface area contributed by atoms with Gasteiger partial charge in [-0.05, 0) is 42.7 Å². The summed E-state index contributed by atoms with van der Waals surface area (Å²) >= 11 is 0. The number of aryl methyl sites for hydroxylation is 2. The Bertz CT molecular complexity index is 1100. The van der Waals surface area contributed by atoms with Crippen molar-refractivity contribution in [3.05, 3.63) is 95.6 Å². The second kappa shape index (κ2) is 7.51. The van der Waals surface area contributed by atoms with Gasteiger partial charge in [0.15, 0.2) is 0 Å². The Labute approximate surface area is 171 Å². The summed E-state index contributed by atoms with van der Waals surface area (Å²) in [5.74, 6) is 0.705. The highest BCUT2D eigenvalue weighted by atomic mass is 16.5. The highest BCUT2D eigenvalue weighted by Gasteiger charge is 2.22. The van der Waals surface area contributed by atoms with Gasteiger partial charge in [-0.2, -0.15) is 5.10 Å². The molecule has 0 radical (unpaired) electrons. The van der Waals surface area contributed by atoms with Gasteiger partial charge in [-0.3, -0.25) is 0 Å². The predicted octanol–water partition coefficient (Wildman–Crippen LogP) is 5.40. The van der Waals surface area contributed by atoms with E-state index in [1.165, 1.54) is 16.7 Å². The van der Waals surface area contributed by atoms with Crippen molar-refractivity contribution in [2.24, 2.45) is 0 Å². The summed E-state index contributed by atoms with van der Waals surface area (Å²) in [5, 5.41) is 4.26. The molecule has 0 N–H and O–H groups in total. The third-order valence-corrected chi connectivity index (χ3v) is 5.15. The van der Waals surface area contributed by atoms with Gasteiger partial charge in [0.1, 0.15) is 11.4 Å². The van der Waals surface area contributed by atoms with E-state index in [4.69, 9.17) is 4.74 Å².